The van der Waals surface area contributed by atoms with Crippen LogP contribution in [0, 0.1) is 5.41 Å². The molecule has 0 spiro atoms. The van der Waals surface area contributed by atoms with E-state index in [4.69, 9.17) is 24.0 Å². The highest BCUT2D eigenvalue weighted by atomic mass is 31.2. The van der Waals surface area contributed by atoms with E-state index in [0.717, 1.165) is 6.92 Å². The van der Waals surface area contributed by atoms with Crippen LogP contribution >= 0.6 is 7.82 Å². The maximum Gasteiger partial charge on any atom is 0.469 e. The first-order valence-corrected chi connectivity index (χ1v) is 8.37. The van der Waals surface area contributed by atoms with Crippen molar-refractivity contribution in [3.05, 3.63) is 0 Å². The molecule has 24 heavy (non-hydrogen) atoms. The first-order chi connectivity index (χ1) is 11.1. The number of hydrogen-bond donors (Lipinski definition) is 2. The maximum atomic E-state index is 12.2. The molecule has 0 saturated heterocycles. The lowest BCUT2D eigenvalue weighted by atomic mass is 9.90. The zero-order chi connectivity index (χ0) is 18.8. The Labute approximate surface area is 138 Å². The summed E-state index contributed by atoms with van der Waals surface area (Å²) >= 11 is 0. The smallest absolute Gasteiger partial charge is 0.465 e. The predicted octanol–water partition coefficient (Wildman–Crippen LogP) is -0.254. The molecular weight excluding hydrogens is 351 g/mol. The number of ether oxygens (including phenoxy) is 4. The first-order valence-electron chi connectivity index (χ1n) is 6.84. The molecule has 0 bridgehead atoms. The van der Waals surface area contributed by atoms with E-state index < -0.39 is 51.2 Å². The molecule has 0 aromatic rings. The fourth-order valence-corrected chi connectivity index (χ4v) is 1.82. The van der Waals surface area contributed by atoms with Gasteiger partial charge < -0.3 is 28.7 Å². The third kappa shape index (κ3) is 7.84. The van der Waals surface area contributed by atoms with Crippen molar-refractivity contribution in [2.75, 3.05) is 33.2 Å². The van der Waals surface area contributed by atoms with Gasteiger partial charge in [-0.2, -0.15) is 0 Å². The molecule has 11 nitrogen and oxygen atoms in total. The van der Waals surface area contributed by atoms with Crippen molar-refractivity contribution in [2.24, 2.45) is 5.41 Å². The topological polar surface area (TPSA) is 155 Å². The number of esters is 3. The molecule has 0 saturated carbocycles. The minimum absolute atomic E-state index is 0.111. The van der Waals surface area contributed by atoms with E-state index in [1.54, 1.807) is 0 Å². The van der Waals surface area contributed by atoms with Crippen LogP contribution in [0.25, 0.3) is 0 Å². The summed E-state index contributed by atoms with van der Waals surface area (Å²) in [6, 6.07) is 0. The van der Waals surface area contributed by atoms with Crippen LogP contribution in [-0.4, -0.2) is 60.9 Å². The lowest BCUT2D eigenvalue weighted by Crippen LogP contribution is -2.49. The maximum absolute atomic E-state index is 12.2. The Kier molecular flexibility index (Phi) is 9.71. The summed E-state index contributed by atoms with van der Waals surface area (Å²) in [6.07, 6.45) is 0. The minimum Gasteiger partial charge on any atom is -0.465 e. The Morgan fingerprint density at radius 3 is 1.83 bits per heavy atom. The number of hydrogen-bond acceptors (Lipinski definition) is 9. The minimum atomic E-state index is -4.99. The van der Waals surface area contributed by atoms with Gasteiger partial charge in [0.15, 0.2) is 6.79 Å². The standard InChI is InChI=1S/C12H21O11P/c1-4-20-10(14)12(11(15)21-5-2,7-23-24(16,17)18)6-19-8-22-9(3)13/h4-8H2,1-3H3,(H2,16,17,18). The van der Waals surface area contributed by atoms with Crippen LogP contribution in [0.3, 0.4) is 0 Å². The predicted molar refractivity (Wildman–Crippen MR) is 76.3 cm³/mol. The SMILES string of the molecule is CCOC(=O)C(COCOC(C)=O)(COP(=O)(O)O)C(=O)OCC. The fourth-order valence-electron chi connectivity index (χ4n) is 1.43. The van der Waals surface area contributed by atoms with Crippen LogP contribution in [0.15, 0.2) is 0 Å². The van der Waals surface area contributed by atoms with Crippen LogP contribution < -0.4 is 0 Å². The van der Waals surface area contributed by atoms with Gasteiger partial charge >= 0.3 is 25.7 Å². The number of rotatable bonds is 11. The lowest BCUT2D eigenvalue weighted by molar-refractivity contribution is -0.184. The van der Waals surface area contributed by atoms with Crippen molar-refractivity contribution < 1.29 is 52.2 Å². The lowest BCUT2D eigenvalue weighted by Gasteiger charge is -2.28. The summed E-state index contributed by atoms with van der Waals surface area (Å²) in [4.78, 5) is 52.7. The average molecular weight is 372 g/mol. The van der Waals surface area contributed by atoms with Gasteiger partial charge in [-0.05, 0) is 13.8 Å². The monoisotopic (exact) mass is 372 g/mol. The summed E-state index contributed by atoms with van der Waals surface area (Å²) in [5.41, 5.74) is -2.28. The van der Waals surface area contributed by atoms with Gasteiger partial charge in [-0.1, -0.05) is 0 Å². The summed E-state index contributed by atoms with van der Waals surface area (Å²) in [6.45, 7) is 1.46. The number of carbonyl (C=O) groups excluding carboxylic acids is 3. The summed E-state index contributed by atoms with van der Waals surface area (Å²) in [5.74, 6) is -2.97. The molecule has 0 rings (SSSR count). The number of phosphoric acid groups is 1. The molecule has 0 aliphatic heterocycles. The Bertz CT molecular complexity index is 465. The van der Waals surface area contributed by atoms with Crippen molar-refractivity contribution in [2.45, 2.75) is 20.8 Å². The van der Waals surface area contributed by atoms with Crippen LogP contribution in [0.1, 0.15) is 20.8 Å². The van der Waals surface area contributed by atoms with Gasteiger partial charge in [0.25, 0.3) is 0 Å². The highest BCUT2D eigenvalue weighted by Gasteiger charge is 2.51. The van der Waals surface area contributed by atoms with Crippen LogP contribution in [0.5, 0.6) is 0 Å². The molecular formula is C12H21O11P. The average Bonchev–Trinajstić information content (AvgIpc) is 2.45. The highest BCUT2D eigenvalue weighted by Crippen LogP contribution is 2.39. The van der Waals surface area contributed by atoms with Crippen LogP contribution in [-0.2, 0) is 42.4 Å². The Balaban J connectivity index is 5.39. The first kappa shape index (κ1) is 22.5. The third-order valence-electron chi connectivity index (χ3n) is 2.51. The molecule has 0 aromatic heterocycles. The van der Waals surface area contributed by atoms with Gasteiger partial charge in [0.1, 0.15) is 0 Å². The van der Waals surface area contributed by atoms with Gasteiger partial charge in [0, 0.05) is 6.92 Å². The fraction of sp³-hybridized carbons (Fsp3) is 0.750. The number of carbonyl (C=O) groups is 3. The second-order valence-electron chi connectivity index (χ2n) is 4.39. The molecule has 0 aliphatic rings. The molecule has 0 aromatic carbocycles. The number of phosphoric ester groups is 1. The van der Waals surface area contributed by atoms with Gasteiger partial charge in [0.05, 0.1) is 26.4 Å². The van der Waals surface area contributed by atoms with E-state index in [1.165, 1.54) is 13.8 Å². The largest absolute Gasteiger partial charge is 0.469 e. The Morgan fingerprint density at radius 2 is 1.46 bits per heavy atom. The van der Waals surface area contributed by atoms with Crippen molar-refractivity contribution in [1.29, 1.82) is 0 Å². The molecule has 0 fully saturated rings. The third-order valence-corrected chi connectivity index (χ3v) is 2.97. The van der Waals surface area contributed by atoms with E-state index in [2.05, 4.69) is 9.26 Å². The normalized spacial score (nSPS) is 11.7. The van der Waals surface area contributed by atoms with E-state index >= 15 is 0 Å². The molecule has 140 valence electrons. The van der Waals surface area contributed by atoms with E-state index in [-0.39, 0.29) is 13.2 Å². The van der Waals surface area contributed by atoms with Crippen molar-refractivity contribution >= 4 is 25.7 Å². The van der Waals surface area contributed by atoms with Crippen LogP contribution in [0.2, 0.25) is 0 Å². The molecule has 0 aliphatic carbocycles. The Hall–Kier alpha value is -1.52. The highest BCUT2D eigenvalue weighted by molar-refractivity contribution is 7.46. The zero-order valence-electron chi connectivity index (χ0n) is 13.6. The van der Waals surface area contributed by atoms with Gasteiger partial charge in [-0.25, -0.2) is 4.57 Å². The van der Waals surface area contributed by atoms with E-state index in [1.807, 2.05) is 0 Å². The summed E-state index contributed by atoms with van der Waals surface area (Å²) in [7, 11) is -4.99. The second-order valence-corrected chi connectivity index (χ2v) is 5.63. The summed E-state index contributed by atoms with van der Waals surface area (Å²) in [5, 5.41) is 0. The van der Waals surface area contributed by atoms with E-state index in [9.17, 15) is 18.9 Å². The molecule has 0 amide bonds. The molecule has 0 heterocycles. The molecule has 12 heteroatoms. The summed E-state index contributed by atoms with van der Waals surface area (Å²) < 4.78 is 34.2. The van der Waals surface area contributed by atoms with Gasteiger partial charge in [-0.3, -0.25) is 18.9 Å². The zero-order valence-corrected chi connectivity index (χ0v) is 14.4. The van der Waals surface area contributed by atoms with E-state index in [0.29, 0.717) is 0 Å². The Morgan fingerprint density at radius 1 is 0.958 bits per heavy atom. The quantitative estimate of drug-likeness (QED) is 0.123. The van der Waals surface area contributed by atoms with Gasteiger partial charge in [-0.15, -0.1) is 0 Å². The molecule has 0 radical (unpaired) electrons. The van der Waals surface area contributed by atoms with Gasteiger partial charge in [0.2, 0.25) is 5.41 Å². The van der Waals surface area contributed by atoms with Crippen LogP contribution in [0.4, 0.5) is 0 Å². The van der Waals surface area contributed by atoms with Crippen molar-refractivity contribution in [3.8, 4) is 0 Å². The second kappa shape index (κ2) is 10.4. The molecule has 0 atom stereocenters. The van der Waals surface area contributed by atoms with Crippen molar-refractivity contribution in [1.82, 2.24) is 0 Å². The molecule has 2 N–H and O–H groups in total. The van der Waals surface area contributed by atoms with Crippen molar-refractivity contribution in [3.63, 3.8) is 0 Å². The molecule has 0 unspecified atom stereocenters.